The zero-order valence-electron chi connectivity index (χ0n) is 19.1. The number of carbonyl (C=O) groups excluding carboxylic acids is 2. The lowest BCUT2D eigenvalue weighted by Crippen LogP contribution is -2.43. The molecule has 3 aromatic carbocycles. The van der Waals surface area contributed by atoms with Crippen LogP contribution in [0.1, 0.15) is 26.5 Å². The average Bonchev–Trinajstić information content (AvgIpc) is 2.91. The third-order valence-electron chi connectivity index (χ3n) is 5.72. The van der Waals surface area contributed by atoms with Crippen molar-refractivity contribution in [1.29, 1.82) is 0 Å². The maximum absolute atomic E-state index is 13.1. The van der Waals surface area contributed by atoms with Crippen LogP contribution in [0.15, 0.2) is 88.5 Å². The van der Waals surface area contributed by atoms with Crippen molar-refractivity contribution >= 4 is 33.4 Å². The molecule has 0 spiro atoms. The molecule has 10 heteroatoms. The molecule has 5 rings (SSSR count). The quantitative estimate of drug-likeness (QED) is 0.378. The lowest BCUT2D eigenvalue weighted by atomic mass is 10.1. The normalized spacial score (nSPS) is 10.9. The van der Waals surface area contributed by atoms with Gasteiger partial charge in [-0.2, -0.15) is 10.2 Å². The van der Waals surface area contributed by atoms with E-state index in [1.54, 1.807) is 48.5 Å². The van der Waals surface area contributed by atoms with Crippen molar-refractivity contribution in [1.82, 2.24) is 30.4 Å². The van der Waals surface area contributed by atoms with E-state index in [4.69, 9.17) is 0 Å². The smallest absolute Gasteiger partial charge is 0.267 e. The van der Waals surface area contributed by atoms with Crippen LogP contribution in [0.25, 0.3) is 21.5 Å². The van der Waals surface area contributed by atoms with E-state index in [1.807, 2.05) is 30.3 Å². The summed E-state index contributed by atoms with van der Waals surface area (Å²) in [5.74, 6) is -1.42. The summed E-state index contributed by atoms with van der Waals surface area (Å²) in [5.41, 5.74) is 4.80. The minimum atomic E-state index is -0.713. The summed E-state index contributed by atoms with van der Waals surface area (Å²) in [7, 11) is 1.44. The van der Waals surface area contributed by atoms with Crippen molar-refractivity contribution in [2.75, 3.05) is 0 Å². The standard InChI is InChI=1S/C26H20N6O4/c1-31-25(35)19-13-7-5-11-17(19)21(29-31)23(33)27-28-24(34)22-18-12-6-8-14-20(18)26(36)32(30-22)15-16-9-3-2-4-10-16/h2-14H,15H2,1H3,(H,27,33)(H,28,34). The van der Waals surface area contributed by atoms with Crippen molar-refractivity contribution in [3.63, 3.8) is 0 Å². The molecular weight excluding hydrogens is 460 g/mol. The fourth-order valence-corrected chi connectivity index (χ4v) is 3.97. The largest absolute Gasteiger partial charge is 0.290 e. The molecule has 10 nitrogen and oxygen atoms in total. The van der Waals surface area contributed by atoms with Gasteiger partial charge >= 0.3 is 0 Å². The van der Waals surface area contributed by atoms with E-state index in [0.717, 1.165) is 10.2 Å². The molecule has 5 aromatic rings. The predicted octanol–water partition coefficient (Wildman–Crippen LogP) is 1.77. The van der Waals surface area contributed by atoms with Crippen LogP contribution in [0.5, 0.6) is 0 Å². The summed E-state index contributed by atoms with van der Waals surface area (Å²) in [5, 5.41) is 9.71. The molecule has 0 radical (unpaired) electrons. The molecule has 0 aliphatic carbocycles. The number of hydrogen-bond donors (Lipinski definition) is 2. The molecule has 0 saturated heterocycles. The van der Waals surface area contributed by atoms with Gasteiger partial charge in [-0.05, 0) is 17.7 Å². The summed E-state index contributed by atoms with van der Waals surface area (Å²) in [4.78, 5) is 51.4. The molecule has 2 N–H and O–H groups in total. The van der Waals surface area contributed by atoms with Gasteiger partial charge in [0.05, 0.1) is 17.3 Å². The molecule has 0 atom stereocenters. The van der Waals surface area contributed by atoms with Gasteiger partial charge in [0.15, 0.2) is 11.4 Å². The lowest BCUT2D eigenvalue weighted by Gasteiger charge is -2.12. The van der Waals surface area contributed by atoms with Crippen LogP contribution in [-0.2, 0) is 13.6 Å². The van der Waals surface area contributed by atoms with Gasteiger partial charge in [-0.3, -0.25) is 30.0 Å². The van der Waals surface area contributed by atoms with Crippen molar-refractivity contribution in [3.8, 4) is 0 Å². The second kappa shape index (κ2) is 9.26. The Morgan fingerprint density at radius 1 is 0.667 bits per heavy atom. The molecule has 0 aliphatic rings. The molecule has 2 aromatic heterocycles. The van der Waals surface area contributed by atoms with Crippen molar-refractivity contribution < 1.29 is 9.59 Å². The molecule has 36 heavy (non-hydrogen) atoms. The van der Waals surface area contributed by atoms with E-state index in [0.29, 0.717) is 21.5 Å². The second-order valence-electron chi connectivity index (χ2n) is 8.07. The minimum Gasteiger partial charge on any atom is -0.267 e. The first-order chi connectivity index (χ1) is 17.4. The van der Waals surface area contributed by atoms with E-state index < -0.39 is 11.8 Å². The topological polar surface area (TPSA) is 128 Å². The fourth-order valence-electron chi connectivity index (χ4n) is 3.97. The Balaban J connectivity index is 1.47. The van der Waals surface area contributed by atoms with Gasteiger partial charge in [-0.15, -0.1) is 0 Å². The van der Waals surface area contributed by atoms with Crippen molar-refractivity contribution in [2.24, 2.45) is 7.05 Å². The van der Waals surface area contributed by atoms with Crippen LogP contribution < -0.4 is 22.0 Å². The van der Waals surface area contributed by atoms with Crippen LogP contribution in [0, 0.1) is 0 Å². The number of hydrogen-bond acceptors (Lipinski definition) is 6. The van der Waals surface area contributed by atoms with Crippen molar-refractivity contribution in [2.45, 2.75) is 6.54 Å². The number of aromatic nitrogens is 4. The van der Waals surface area contributed by atoms with Gasteiger partial charge < -0.3 is 0 Å². The third-order valence-corrected chi connectivity index (χ3v) is 5.72. The summed E-state index contributed by atoms with van der Waals surface area (Å²) in [6, 6.07) is 22.5. The van der Waals surface area contributed by atoms with Gasteiger partial charge in [0.2, 0.25) is 0 Å². The van der Waals surface area contributed by atoms with Crippen LogP contribution in [-0.4, -0.2) is 31.4 Å². The monoisotopic (exact) mass is 480 g/mol. The number of rotatable bonds is 4. The zero-order chi connectivity index (χ0) is 25.2. The maximum atomic E-state index is 13.1. The van der Waals surface area contributed by atoms with Gasteiger partial charge in [-0.25, -0.2) is 9.36 Å². The highest BCUT2D eigenvalue weighted by atomic mass is 16.2. The second-order valence-corrected chi connectivity index (χ2v) is 8.07. The lowest BCUT2D eigenvalue weighted by molar-refractivity contribution is 0.0841. The number of nitrogens with one attached hydrogen (secondary N) is 2. The zero-order valence-corrected chi connectivity index (χ0v) is 19.1. The summed E-state index contributed by atoms with van der Waals surface area (Å²) >= 11 is 0. The number of hydrazine groups is 1. The van der Waals surface area contributed by atoms with Gasteiger partial charge in [0.1, 0.15) is 0 Å². The first-order valence-corrected chi connectivity index (χ1v) is 11.0. The molecule has 0 bridgehead atoms. The molecule has 2 heterocycles. The number of nitrogens with zero attached hydrogens (tertiary/aromatic N) is 4. The Labute approximate surface area is 203 Å². The Morgan fingerprint density at radius 2 is 1.14 bits per heavy atom. The molecule has 0 unspecified atom stereocenters. The summed E-state index contributed by atoms with van der Waals surface area (Å²) < 4.78 is 2.28. The van der Waals surface area contributed by atoms with Crippen LogP contribution >= 0.6 is 0 Å². The Morgan fingerprint density at radius 3 is 1.72 bits per heavy atom. The Hall–Kier alpha value is -5.12. The van der Waals surface area contributed by atoms with Crippen LogP contribution in [0.3, 0.4) is 0 Å². The van der Waals surface area contributed by atoms with E-state index >= 15 is 0 Å². The first kappa shape index (κ1) is 22.7. The highest BCUT2D eigenvalue weighted by molar-refractivity contribution is 6.08. The number of aryl methyl sites for hydroxylation is 1. The Kier molecular flexibility index (Phi) is 5.83. The van der Waals surface area contributed by atoms with Gasteiger partial charge in [0.25, 0.3) is 22.9 Å². The first-order valence-electron chi connectivity index (χ1n) is 11.0. The molecule has 0 saturated carbocycles. The average molecular weight is 480 g/mol. The SMILES string of the molecule is Cn1nc(C(=O)NNC(=O)c2nn(Cc3ccccc3)c(=O)c3ccccc23)c2ccccc2c1=O. The van der Waals surface area contributed by atoms with E-state index in [9.17, 15) is 19.2 Å². The molecule has 0 fully saturated rings. The fraction of sp³-hybridized carbons (Fsp3) is 0.0769. The number of benzene rings is 3. The number of carbonyl (C=O) groups is 2. The maximum Gasteiger partial charge on any atom is 0.290 e. The highest BCUT2D eigenvalue weighted by Crippen LogP contribution is 2.15. The van der Waals surface area contributed by atoms with Gasteiger partial charge in [0, 0.05) is 17.8 Å². The van der Waals surface area contributed by atoms with Crippen LogP contribution in [0.2, 0.25) is 0 Å². The van der Waals surface area contributed by atoms with E-state index in [1.165, 1.54) is 11.7 Å². The number of fused-ring (bicyclic) bond motifs is 2. The van der Waals surface area contributed by atoms with Crippen molar-refractivity contribution in [3.05, 3.63) is 117 Å². The highest BCUT2D eigenvalue weighted by Gasteiger charge is 2.20. The molecule has 2 amide bonds. The summed E-state index contributed by atoms with van der Waals surface area (Å²) in [6.45, 7) is 0.172. The molecular formula is C26H20N6O4. The minimum absolute atomic E-state index is 0.0279. The summed E-state index contributed by atoms with van der Waals surface area (Å²) in [6.07, 6.45) is 0. The van der Waals surface area contributed by atoms with E-state index in [2.05, 4.69) is 21.0 Å². The Bertz CT molecular complexity index is 1760. The van der Waals surface area contributed by atoms with Crippen LogP contribution in [0.4, 0.5) is 0 Å². The third kappa shape index (κ3) is 4.11. The van der Waals surface area contributed by atoms with Gasteiger partial charge in [-0.1, -0.05) is 66.7 Å². The molecule has 178 valence electrons. The predicted molar refractivity (Wildman–Crippen MR) is 133 cm³/mol. The van der Waals surface area contributed by atoms with E-state index in [-0.39, 0.29) is 29.1 Å². The molecule has 0 aliphatic heterocycles. The number of amides is 2.